The molecule has 6 nitrogen and oxygen atoms in total. The number of hydrogen-bond donors (Lipinski definition) is 3. The summed E-state index contributed by atoms with van der Waals surface area (Å²) in [6.45, 7) is 2.50. The summed E-state index contributed by atoms with van der Waals surface area (Å²) in [4.78, 5) is 11.7. The third-order valence-corrected chi connectivity index (χ3v) is 3.21. The zero-order chi connectivity index (χ0) is 15.2. The number of nitrogens with one attached hydrogen (secondary N) is 2. The van der Waals surface area contributed by atoms with Gasteiger partial charge in [0, 0.05) is 31.9 Å². The van der Waals surface area contributed by atoms with E-state index < -0.39 is 6.10 Å². The molecule has 21 heavy (non-hydrogen) atoms. The molecule has 6 heteroatoms. The van der Waals surface area contributed by atoms with Crippen LogP contribution in [0.3, 0.4) is 0 Å². The zero-order valence-corrected chi connectivity index (χ0v) is 12.2. The smallest absolute Gasteiger partial charge is 0.315 e. The Morgan fingerprint density at radius 1 is 1.38 bits per heavy atom. The first kappa shape index (κ1) is 15.1. The van der Waals surface area contributed by atoms with Crippen molar-refractivity contribution in [2.45, 2.75) is 19.6 Å². The van der Waals surface area contributed by atoms with Gasteiger partial charge >= 0.3 is 6.03 Å². The van der Waals surface area contributed by atoms with Crippen LogP contribution in [0.4, 0.5) is 4.79 Å². The second-order valence-electron chi connectivity index (χ2n) is 4.96. The van der Waals surface area contributed by atoms with E-state index in [1.54, 1.807) is 10.9 Å². The predicted octanol–water partition coefficient (Wildman–Crippen LogP) is 1.26. The number of carbonyl (C=O) groups is 1. The van der Waals surface area contributed by atoms with Crippen molar-refractivity contribution in [3.8, 4) is 0 Å². The lowest BCUT2D eigenvalue weighted by Crippen LogP contribution is -2.37. The van der Waals surface area contributed by atoms with Gasteiger partial charge in [-0.25, -0.2) is 4.79 Å². The SMILES string of the molecule is Cc1ccccc1C(O)CNC(=O)NCc1cnn(C)c1. The van der Waals surface area contributed by atoms with Crippen LogP contribution < -0.4 is 10.6 Å². The Balaban J connectivity index is 1.77. The second-order valence-corrected chi connectivity index (χ2v) is 4.96. The van der Waals surface area contributed by atoms with Gasteiger partial charge in [0.25, 0.3) is 0 Å². The molecule has 2 amide bonds. The summed E-state index contributed by atoms with van der Waals surface area (Å²) in [5.74, 6) is 0. The highest BCUT2D eigenvalue weighted by Crippen LogP contribution is 2.16. The molecule has 1 aromatic carbocycles. The van der Waals surface area contributed by atoms with Gasteiger partial charge in [0.05, 0.1) is 12.3 Å². The van der Waals surface area contributed by atoms with Crippen LogP contribution in [0, 0.1) is 6.92 Å². The average Bonchev–Trinajstić information content (AvgIpc) is 2.89. The zero-order valence-electron chi connectivity index (χ0n) is 12.2. The highest BCUT2D eigenvalue weighted by Gasteiger charge is 2.11. The molecular weight excluding hydrogens is 268 g/mol. The highest BCUT2D eigenvalue weighted by atomic mass is 16.3. The Labute approximate surface area is 123 Å². The molecule has 0 spiro atoms. The number of carbonyl (C=O) groups excluding carboxylic acids is 1. The van der Waals surface area contributed by atoms with Crippen LogP contribution in [-0.2, 0) is 13.6 Å². The van der Waals surface area contributed by atoms with Gasteiger partial charge in [-0.2, -0.15) is 5.10 Å². The van der Waals surface area contributed by atoms with E-state index >= 15 is 0 Å². The maximum absolute atomic E-state index is 11.7. The lowest BCUT2D eigenvalue weighted by atomic mass is 10.0. The standard InChI is InChI=1S/C15H20N4O2/c1-11-5-3-4-6-13(11)14(20)9-17-15(21)16-7-12-8-18-19(2)10-12/h3-6,8,10,14,20H,7,9H2,1-2H3,(H2,16,17,21). The molecule has 1 unspecified atom stereocenters. The van der Waals surface area contributed by atoms with Crippen molar-refractivity contribution < 1.29 is 9.90 Å². The molecule has 0 saturated heterocycles. The number of hydrogen-bond acceptors (Lipinski definition) is 3. The van der Waals surface area contributed by atoms with E-state index in [1.807, 2.05) is 44.4 Å². The van der Waals surface area contributed by atoms with Gasteiger partial charge in [-0.1, -0.05) is 24.3 Å². The molecule has 2 rings (SSSR count). The fraction of sp³-hybridized carbons (Fsp3) is 0.333. The Bertz CT molecular complexity index is 609. The van der Waals surface area contributed by atoms with Crippen molar-refractivity contribution in [3.05, 3.63) is 53.3 Å². The van der Waals surface area contributed by atoms with Crippen LogP contribution in [-0.4, -0.2) is 27.5 Å². The van der Waals surface area contributed by atoms with Crippen molar-refractivity contribution in [3.63, 3.8) is 0 Å². The number of aliphatic hydroxyl groups excluding tert-OH is 1. The molecule has 112 valence electrons. The molecule has 0 aliphatic heterocycles. The number of aryl methyl sites for hydroxylation is 2. The van der Waals surface area contributed by atoms with Crippen LogP contribution in [0.5, 0.6) is 0 Å². The van der Waals surface area contributed by atoms with Gasteiger partial charge in [0.15, 0.2) is 0 Å². The van der Waals surface area contributed by atoms with Gasteiger partial charge in [-0.15, -0.1) is 0 Å². The quantitative estimate of drug-likeness (QED) is 0.775. The molecule has 0 aliphatic rings. The summed E-state index contributed by atoms with van der Waals surface area (Å²) < 4.78 is 1.68. The summed E-state index contributed by atoms with van der Waals surface area (Å²) >= 11 is 0. The summed E-state index contributed by atoms with van der Waals surface area (Å²) in [6.07, 6.45) is 2.82. The minimum absolute atomic E-state index is 0.170. The number of nitrogens with zero attached hydrogens (tertiary/aromatic N) is 2. The number of rotatable bonds is 5. The van der Waals surface area contributed by atoms with Crippen LogP contribution in [0.1, 0.15) is 22.8 Å². The van der Waals surface area contributed by atoms with E-state index in [9.17, 15) is 9.90 Å². The summed E-state index contributed by atoms with van der Waals surface area (Å²) in [5.41, 5.74) is 2.75. The third-order valence-electron chi connectivity index (χ3n) is 3.21. The predicted molar refractivity (Wildman–Crippen MR) is 79.6 cm³/mol. The van der Waals surface area contributed by atoms with Crippen molar-refractivity contribution >= 4 is 6.03 Å². The van der Waals surface area contributed by atoms with E-state index in [-0.39, 0.29) is 12.6 Å². The average molecular weight is 288 g/mol. The Morgan fingerprint density at radius 3 is 2.81 bits per heavy atom. The maximum Gasteiger partial charge on any atom is 0.315 e. The van der Waals surface area contributed by atoms with Crippen molar-refractivity contribution in [1.82, 2.24) is 20.4 Å². The first-order valence-corrected chi connectivity index (χ1v) is 6.79. The van der Waals surface area contributed by atoms with Crippen LogP contribution in [0.25, 0.3) is 0 Å². The molecular formula is C15H20N4O2. The largest absolute Gasteiger partial charge is 0.387 e. The first-order chi connectivity index (χ1) is 10.1. The Kier molecular flexibility index (Phi) is 4.94. The number of aromatic nitrogens is 2. The number of aliphatic hydroxyl groups is 1. The molecule has 0 saturated carbocycles. The van der Waals surface area contributed by atoms with Gasteiger partial charge in [-0.3, -0.25) is 4.68 Å². The first-order valence-electron chi connectivity index (χ1n) is 6.79. The van der Waals surface area contributed by atoms with Crippen LogP contribution in [0.15, 0.2) is 36.7 Å². The van der Waals surface area contributed by atoms with Gasteiger partial charge < -0.3 is 15.7 Å². The molecule has 2 aromatic rings. The topological polar surface area (TPSA) is 79.2 Å². The summed E-state index contributed by atoms with van der Waals surface area (Å²) in [6, 6.07) is 7.26. The second kappa shape index (κ2) is 6.90. The summed E-state index contributed by atoms with van der Waals surface area (Å²) in [7, 11) is 1.82. The van der Waals surface area contributed by atoms with E-state index in [4.69, 9.17) is 0 Å². The van der Waals surface area contributed by atoms with Gasteiger partial charge in [0.1, 0.15) is 0 Å². The van der Waals surface area contributed by atoms with Gasteiger partial charge in [0.2, 0.25) is 0 Å². The maximum atomic E-state index is 11.7. The molecule has 0 radical (unpaired) electrons. The lowest BCUT2D eigenvalue weighted by molar-refractivity contribution is 0.172. The third kappa shape index (κ3) is 4.32. The van der Waals surface area contributed by atoms with Gasteiger partial charge in [-0.05, 0) is 18.1 Å². The number of benzene rings is 1. The van der Waals surface area contributed by atoms with Crippen molar-refractivity contribution in [1.29, 1.82) is 0 Å². The van der Waals surface area contributed by atoms with Crippen LogP contribution in [0.2, 0.25) is 0 Å². The number of urea groups is 1. The Morgan fingerprint density at radius 2 is 2.14 bits per heavy atom. The molecule has 1 atom stereocenters. The molecule has 3 N–H and O–H groups in total. The fourth-order valence-electron chi connectivity index (χ4n) is 2.07. The van der Waals surface area contributed by atoms with E-state index in [1.165, 1.54) is 0 Å². The minimum Gasteiger partial charge on any atom is -0.387 e. The van der Waals surface area contributed by atoms with E-state index in [0.29, 0.717) is 6.54 Å². The van der Waals surface area contributed by atoms with E-state index in [2.05, 4.69) is 15.7 Å². The lowest BCUT2D eigenvalue weighted by Gasteiger charge is -2.14. The Hall–Kier alpha value is -2.34. The molecule has 0 aliphatic carbocycles. The molecule has 1 aromatic heterocycles. The van der Waals surface area contributed by atoms with Crippen LogP contribution >= 0.6 is 0 Å². The highest BCUT2D eigenvalue weighted by molar-refractivity contribution is 5.73. The monoisotopic (exact) mass is 288 g/mol. The minimum atomic E-state index is -0.713. The molecule has 0 fully saturated rings. The summed E-state index contributed by atoms with van der Waals surface area (Å²) in [5, 5.41) is 19.5. The molecule has 0 bridgehead atoms. The molecule has 1 heterocycles. The van der Waals surface area contributed by atoms with Crippen molar-refractivity contribution in [2.24, 2.45) is 7.05 Å². The van der Waals surface area contributed by atoms with Crippen molar-refractivity contribution in [2.75, 3.05) is 6.54 Å². The van der Waals surface area contributed by atoms with E-state index in [0.717, 1.165) is 16.7 Å². The normalized spacial score (nSPS) is 12.0. The number of amides is 2. The fourth-order valence-corrected chi connectivity index (χ4v) is 2.07.